The number of ether oxygens (including phenoxy) is 2. The lowest BCUT2D eigenvalue weighted by Crippen LogP contribution is -2.34. The number of amides is 2. The van der Waals surface area contributed by atoms with Crippen LogP contribution >= 0.6 is 0 Å². The predicted octanol–water partition coefficient (Wildman–Crippen LogP) is 7.03. The molecule has 4 aromatic rings. The third kappa shape index (κ3) is 7.59. The van der Waals surface area contributed by atoms with Crippen LogP contribution in [0.5, 0.6) is 11.5 Å². The molecule has 1 unspecified atom stereocenters. The summed E-state index contributed by atoms with van der Waals surface area (Å²) in [4.78, 5) is 27.8. The molecule has 0 bridgehead atoms. The van der Waals surface area contributed by atoms with Crippen LogP contribution in [0.3, 0.4) is 0 Å². The minimum absolute atomic E-state index is 0.0982. The van der Waals surface area contributed by atoms with Crippen molar-refractivity contribution in [3.05, 3.63) is 95.2 Å². The van der Waals surface area contributed by atoms with Crippen LogP contribution in [0.1, 0.15) is 61.9 Å². The molecule has 1 aromatic heterocycles. The number of aromatic nitrogens is 2. The van der Waals surface area contributed by atoms with Gasteiger partial charge in [0.25, 0.3) is 0 Å². The Morgan fingerprint density at radius 2 is 1.63 bits per heavy atom. The number of urea groups is 1. The van der Waals surface area contributed by atoms with Crippen LogP contribution in [-0.4, -0.2) is 48.9 Å². The van der Waals surface area contributed by atoms with Crippen molar-refractivity contribution in [2.24, 2.45) is 5.92 Å². The number of nitrogens with zero attached hydrogens (tertiary/aromatic N) is 2. The topological polar surface area (TPSA) is 107 Å². The minimum Gasteiger partial charge on any atom is -0.493 e. The van der Waals surface area contributed by atoms with Crippen molar-refractivity contribution in [2.75, 3.05) is 37.9 Å². The zero-order valence-electron chi connectivity index (χ0n) is 27.6. The molecule has 0 spiro atoms. The maximum absolute atomic E-state index is 14.2. The lowest BCUT2D eigenvalue weighted by molar-refractivity contribution is -0.121. The van der Waals surface area contributed by atoms with Crippen molar-refractivity contribution >= 4 is 23.3 Å². The number of benzene rings is 3. The second-order valence-corrected chi connectivity index (χ2v) is 13.0. The van der Waals surface area contributed by atoms with Gasteiger partial charge in [-0.05, 0) is 80.2 Å². The molecule has 2 heterocycles. The lowest BCUT2D eigenvalue weighted by Gasteiger charge is -2.31. The Balaban J connectivity index is 1.43. The average molecular weight is 624 g/mol. The average Bonchev–Trinajstić information content (AvgIpc) is 3.47. The van der Waals surface area contributed by atoms with Gasteiger partial charge in [-0.15, -0.1) is 0 Å². The van der Waals surface area contributed by atoms with Gasteiger partial charge in [-0.1, -0.05) is 62.7 Å². The number of Topliss-reactive ketones (excluding diaryl/α,β-unsaturated/α-hetero) is 1. The molecule has 0 saturated carbocycles. The number of anilines is 2. The van der Waals surface area contributed by atoms with Crippen LogP contribution in [0, 0.1) is 12.8 Å². The third-order valence-corrected chi connectivity index (χ3v) is 8.57. The Bertz CT molecular complexity index is 1670. The third-order valence-electron chi connectivity index (χ3n) is 8.57. The van der Waals surface area contributed by atoms with Gasteiger partial charge in [0.15, 0.2) is 11.5 Å². The van der Waals surface area contributed by atoms with E-state index in [0.717, 1.165) is 54.0 Å². The van der Waals surface area contributed by atoms with E-state index in [1.165, 1.54) is 0 Å². The van der Waals surface area contributed by atoms with Crippen molar-refractivity contribution < 1.29 is 19.1 Å². The van der Waals surface area contributed by atoms with Crippen LogP contribution in [0.15, 0.2) is 72.8 Å². The first-order valence-corrected chi connectivity index (χ1v) is 15.9. The fourth-order valence-corrected chi connectivity index (χ4v) is 6.04. The van der Waals surface area contributed by atoms with Gasteiger partial charge in [-0.2, -0.15) is 5.10 Å². The van der Waals surface area contributed by atoms with E-state index in [2.05, 4.69) is 36.7 Å². The van der Waals surface area contributed by atoms with E-state index in [9.17, 15) is 9.59 Å². The lowest BCUT2D eigenvalue weighted by atomic mass is 9.76. The number of aryl methyl sites for hydroxylation is 1. The van der Waals surface area contributed by atoms with Gasteiger partial charge in [-0.3, -0.25) is 10.1 Å². The summed E-state index contributed by atoms with van der Waals surface area (Å²) in [6.07, 6.45) is 1.98. The molecule has 9 heteroatoms. The largest absolute Gasteiger partial charge is 0.493 e. The van der Waals surface area contributed by atoms with Crippen LogP contribution in [0.25, 0.3) is 5.69 Å². The molecule has 2 amide bonds. The maximum Gasteiger partial charge on any atom is 0.324 e. The summed E-state index contributed by atoms with van der Waals surface area (Å²) < 4.78 is 12.6. The van der Waals surface area contributed by atoms with Gasteiger partial charge in [-0.25, -0.2) is 9.48 Å². The van der Waals surface area contributed by atoms with E-state index in [0.29, 0.717) is 23.0 Å². The van der Waals surface area contributed by atoms with Crippen LogP contribution < -0.4 is 25.4 Å². The van der Waals surface area contributed by atoms with Crippen molar-refractivity contribution in [3.8, 4) is 17.2 Å². The van der Waals surface area contributed by atoms with Gasteiger partial charge in [0.2, 0.25) is 0 Å². The summed E-state index contributed by atoms with van der Waals surface area (Å²) in [6.45, 7) is 10.0. The van der Waals surface area contributed by atoms with E-state index in [-0.39, 0.29) is 23.5 Å². The van der Waals surface area contributed by atoms with Crippen LogP contribution in [0.4, 0.5) is 16.3 Å². The molecule has 9 nitrogen and oxygen atoms in total. The molecule has 1 saturated heterocycles. The molecule has 1 fully saturated rings. The fraction of sp³-hybridized carbons (Fsp3) is 0.378. The number of para-hydroxylation sites is 1. The molecule has 3 aromatic carbocycles. The summed E-state index contributed by atoms with van der Waals surface area (Å²) in [5.74, 6) is 1.61. The Kier molecular flexibility index (Phi) is 10.1. The van der Waals surface area contributed by atoms with Crippen LogP contribution in [-0.2, 0) is 16.6 Å². The normalized spacial score (nSPS) is 14.4. The van der Waals surface area contributed by atoms with Crippen LogP contribution in [0.2, 0.25) is 0 Å². The number of hydrogen-bond acceptors (Lipinski definition) is 6. The van der Waals surface area contributed by atoms with Gasteiger partial charge in [0, 0.05) is 29.5 Å². The monoisotopic (exact) mass is 623 g/mol. The highest BCUT2D eigenvalue weighted by Gasteiger charge is 2.33. The van der Waals surface area contributed by atoms with Crippen molar-refractivity contribution in [1.29, 1.82) is 0 Å². The quantitative estimate of drug-likeness (QED) is 0.175. The number of ketones is 1. The highest BCUT2D eigenvalue weighted by atomic mass is 16.5. The van der Waals surface area contributed by atoms with Gasteiger partial charge in [0.05, 0.1) is 25.6 Å². The van der Waals surface area contributed by atoms with Gasteiger partial charge < -0.3 is 20.1 Å². The predicted molar refractivity (Wildman–Crippen MR) is 183 cm³/mol. The SMILES string of the molecule is COc1ccc(CC(=O)C(c2ccccc2NC(=O)Nc2cc(C(C)(C)C)nn2-c2ccc(C)cc2)C2CCNCC2)cc1OC. The molecule has 3 N–H and O–H groups in total. The van der Waals surface area contributed by atoms with Gasteiger partial charge >= 0.3 is 6.03 Å². The first-order chi connectivity index (χ1) is 22.1. The number of hydrogen-bond donors (Lipinski definition) is 3. The standard InChI is InChI=1S/C37H45N5O4/c1-24-11-14-27(15-12-24)42-34(23-33(41-42)37(2,3)4)40-36(44)39-29-10-8-7-9-28(29)35(26-17-19-38-20-18-26)30(43)21-25-13-16-31(45-5)32(22-25)46-6/h7-16,22-23,26,35,38H,17-21H2,1-6H3,(H2,39,40,44). The van der Waals surface area contributed by atoms with Crippen molar-refractivity contribution in [3.63, 3.8) is 0 Å². The first kappa shape index (κ1) is 32.8. The summed E-state index contributed by atoms with van der Waals surface area (Å²) in [5.41, 5.74) is 4.91. The van der Waals surface area contributed by atoms with Crippen molar-refractivity contribution in [1.82, 2.24) is 15.1 Å². The smallest absolute Gasteiger partial charge is 0.324 e. The fourth-order valence-electron chi connectivity index (χ4n) is 6.04. The number of methoxy groups -OCH3 is 2. The molecule has 0 aliphatic carbocycles. The molecule has 1 atom stereocenters. The summed E-state index contributed by atoms with van der Waals surface area (Å²) in [7, 11) is 3.18. The van der Waals surface area contributed by atoms with E-state index in [4.69, 9.17) is 14.6 Å². The molecule has 46 heavy (non-hydrogen) atoms. The molecule has 1 aliphatic heterocycles. The van der Waals surface area contributed by atoms with E-state index in [1.807, 2.05) is 79.7 Å². The summed E-state index contributed by atoms with van der Waals surface area (Å²) >= 11 is 0. The Morgan fingerprint density at radius 3 is 2.30 bits per heavy atom. The van der Waals surface area contributed by atoms with Gasteiger partial charge in [0.1, 0.15) is 11.6 Å². The molecule has 5 rings (SSSR count). The molecule has 0 radical (unpaired) electrons. The van der Waals surface area contributed by atoms with E-state index in [1.54, 1.807) is 18.9 Å². The first-order valence-electron chi connectivity index (χ1n) is 15.9. The van der Waals surface area contributed by atoms with E-state index < -0.39 is 11.9 Å². The Hall–Kier alpha value is -4.63. The molecular formula is C37H45N5O4. The minimum atomic E-state index is -0.405. The molecular weight excluding hydrogens is 578 g/mol. The highest BCUT2D eigenvalue weighted by Crippen LogP contribution is 2.38. The number of piperidine rings is 1. The number of carbonyl (C=O) groups excluding carboxylic acids is 2. The van der Waals surface area contributed by atoms with E-state index >= 15 is 0 Å². The number of carbonyl (C=O) groups is 2. The Morgan fingerprint density at radius 1 is 0.935 bits per heavy atom. The Labute approximate surface area is 271 Å². The molecule has 1 aliphatic rings. The van der Waals surface area contributed by atoms with Crippen molar-refractivity contribution in [2.45, 2.75) is 58.3 Å². The highest BCUT2D eigenvalue weighted by molar-refractivity contribution is 6.01. The second kappa shape index (κ2) is 14.2. The maximum atomic E-state index is 14.2. The zero-order valence-corrected chi connectivity index (χ0v) is 27.6. The second-order valence-electron chi connectivity index (χ2n) is 13.0. The zero-order chi connectivity index (χ0) is 32.8. The molecule has 242 valence electrons. The number of nitrogens with one attached hydrogen (secondary N) is 3. The number of rotatable bonds is 10. The summed E-state index contributed by atoms with van der Waals surface area (Å²) in [5, 5.41) is 14.4. The summed E-state index contributed by atoms with van der Waals surface area (Å²) in [6, 6.07) is 22.7.